The molecule has 110 valence electrons. The van der Waals surface area contributed by atoms with Gasteiger partial charge < -0.3 is 15.6 Å². The number of carboxylic acids is 1. The number of hydrogen-bond acceptors (Lipinski definition) is 5. The molecular weight excluding hydrogens is 284 g/mol. The summed E-state index contributed by atoms with van der Waals surface area (Å²) in [6, 6.07) is 3.40. The molecule has 1 aromatic rings. The third-order valence-electron chi connectivity index (χ3n) is 3.13. The van der Waals surface area contributed by atoms with Gasteiger partial charge in [-0.15, -0.1) is 0 Å². The topological polar surface area (TPSA) is 110 Å². The molecule has 1 aromatic carbocycles. The number of aromatic carboxylic acids is 1. The first-order valence-corrected chi connectivity index (χ1v) is 7.50. The first-order chi connectivity index (χ1) is 9.34. The van der Waals surface area contributed by atoms with Crippen molar-refractivity contribution in [1.82, 2.24) is 4.31 Å². The highest BCUT2D eigenvalue weighted by Crippen LogP contribution is 2.25. The summed E-state index contributed by atoms with van der Waals surface area (Å²) in [6.07, 6.45) is 0. The maximum atomic E-state index is 12.6. The number of benzene rings is 1. The zero-order chi connectivity index (χ0) is 14.9. The Morgan fingerprint density at radius 1 is 1.50 bits per heavy atom. The standard InChI is InChI=1S/C12H16N2O5S/c1-8-7-19-5-4-14(8)20(17,18)11-6-9(13)2-3-10(11)12(15)16/h2-3,6,8H,4-5,7,13H2,1H3,(H,15,16). The van der Waals surface area contributed by atoms with Gasteiger partial charge in [0, 0.05) is 18.3 Å². The first kappa shape index (κ1) is 14.8. The number of morpholine rings is 1. The van der Waals surface area contributed by atoms with E-state index >= 15 is 0 Å². The molecule has 8 heteroatoms. The van der Waals surface area contributed by atoms with Crippen molar-refractivity contribution in [3.8, 4) is 0 Å². The molecule has 0 spiro atoms. The Bertz CT molecular complexity index is 629. The Hall–Kier alpha value is -1.64. The van der Waals surface area contributed by atoms with E-state index in [0.29, 0.717) is 0 Å². The predicted octanol–water partition coefficient (Wildman–Crippen LogP) is 0.376. The lowest BCUT2D eigenvalue weighted by atomic mass is 10.2. The van der Waals surface area contributed by atoms with Crippen molar-refractivity contribution in [3.63, 3.8) is 0 Å². The van der Waals surface area contributed by atoms with Gasteiger partial charge in [0.25, 0.3) is 0 Å². The zero-order valence-electron chi connectivity index (χ0n) is 10.9. The summed E-state index contributed by atoms with van der Waals surface area (Å²) in [7, 11) is -3.92. The van der Waals surface area contributed by atoms with Crippen molar-refractivity contribution in [2.75, 3.05) is 25.5 Å². The molecule has 1 saturated heterocycles. The fraction of sp³-hybridized carbons (Fsp3) is 0.417. The molecule has 1 heterocycles. The van der Waals surface area contributed by atoms with Gasteiger partial charge in [0.2, 0.25) is 10.0 Å². The Morgan fingerprint density at radius 3 is 2.80 bits per heavy atom. The monoisotopic (exact) mass is 300 g/mol. The van der Waals surface area contributed by atoms with Crippen LogP contribution in [0, 0.1) is 0 Å². The van der Waals surface area contributed by atoms with Crippen molar-refractivity contribution in [1.29, 1.82) is 0 Å². The Kier molecular flexibility index (Phi) is 3.98. The van der Waals surface area contributed by atoms with E-state index in [1.807, 2.05) is 0 Å². The minimum atomic E-state index is -3.92. The molecule has 0 saturated carbocycles. The highest BCUT2D eigenvalue weighted by Gasteiger charge is 2.34. The Morgan fingerprint density at radius 2 is 2.20 bits per heavy atom. The zero-order valence-corrected chi connectivity index (χ0v) is 11.8. The molecule has 0 aromatic heterocycles. The van der Waals surface area contributed by atoms with Crippen LogP contribution in [0.2, 0.25) is 0 Å². The minimum absolute atomic E-state index is 0.192. The lowest BCUT2D eigenvalue weighted by Crippen LogP contribution is -2.47. The van der Waals surface area contributed by atoms with Gasteiger partial charge in [0.15, 0.2) is 0 Å². The summed E-state index contributed by atoms with van der Waals surface area (Å²) in [6.45, 7) is 2.47. The van der Waals surface area contributed by atoms with Gasteiger partial charge in [0.1, 0.15) is 0 Å². The normalized spacial score (nSPS) is 20.8. The van der Waals surface area contributed by atoms with Gasteiger partial charge >= 0.3 is 5.97 Å². The average molecular weight is 300 g/mol. The molecule has 0 aliphatic carbocycles. The van der Waals surface area contributed by atoms with E-state index < -0.39 is 16.0 Å². The third-order valence-corrected chi connectivity index (χ3v) is 5.18. The number of anilines is 1. The van der Waals surface area contributed by atoms with Crippen LogP contribution in [0.3, 0.4) is 0 Å². The maximum Gasteiger partial charge on any atom is 0.337 e. The molecule has 1 fully saturated rings. The van der Waals surface area contributed by atoms with Gasteiger partial charge in [-0.1, -0.05) is 0 Å². The van der Waals surface area contributed by atoms with E-state index in [9.17, 15) is 13.2 Å². The van der Waals surface area contributed by atoms with E-state index in [-0.39, 0.29) is 41.9 Å². The number of hydrogen-bond donors (Lipinski definition) is 2. The fourth-order valence-corrected chi connectivity index (χ4v) is 3.94. The highest BCUT2D eigenvalue weighted by molar-refractivity contribution is 7.89. The van der Waals surface area contributed by atoms with Crippen LogP contribution in [0.1, 0.15) is 17.3 Å². The van der Waals surface area contributed by atoms with Crippen molar-refractivity contribution >= 4 is 21.7 Å². The Labute approximate surface area is 117 Å². The summed E-state index contributed by atoms with van der Waals surface area (Å²) in [5.74, 6) is -1.30. The van der Waals surface area contributed by atoms with Gasteiger partial charge in [-0.05, 0) is 25.1 Å². The molecule has 0 radical (unpaired) electrons. The molecule has 3 N–H and O–H groups in total. The summed E-state index contributed by atoms with van der Waals surface area (Å²) < 4.78 is 31.7. The van der Waals surface area contributed by atoms with E-state index in [1.54, 1.807) is 6.92 Å². The summed E-state index contributed by atoms with van der Waals surface area (Å²) in [5.41, 5.74) is 5.51. The lowest BCUT2D eigenvalue weighted by molar-refractivity contribution is 0.0392. The summed E-state index contributed by atoms with van der Waals surface area (Å²) in [5, 5.41) is 9.14. The SMILES string of the molecule is CC1COCCN1S(=O)(=O)c1cc(N)ccc1C(=O)O. The number of nitrogens with two attached hydrogens (primary N) is 1. The molecule has 0 bridgehead atoms. The lowest BCUT2D eigenvalue weighted by Gasteiger charge is -2.32. The van der Waals surface area contributed by atoms with Crippen molar-refractivity contribution in [2.24, 2.45) is 0 Å². The van der Waals surface area contributed by atoms with Crippen LogP contribution >= 0.6 is 0 Å². The van der Waals surface area contributed by atoms with Gasteiger partial charge in [-0.2, -0.15) is 4.31 Å². The van der Waals surface area contributed by atoms with E-state index in [2.05, 4.69) is 0 Å². The molecular formula is C12H16N2O5S. The first-order valence-electron chi connectivity index (χ1n) is 6.06. The van der Waals surface area contributed by atoms with Crippen molar-refractivity contribution in [3.05, 3.63) is 23.8 Å². The smallest absolute Gasteiger partial charge is 0.337 e. The van der Waals surface area contributed by atoms with Crippen LogP contribution in [0.25, 0.3) is 0 Å². The van der Waals surface area contributed by atoms with Gasteiger partial charge in [-0.25, -0.2) is 13.2 Å². The highest BCUT2D eigenvalue weighted by atomic mass is 32.2. The maximum absolute atomic E-state index is 12.6. The Balaban J connectivity index is 2.53. The molecule has 1 aliphatic rings. The number of carbonyl (C=O) groups is 1. The quantitative estimate of drug-likeness (QED) is 0.781. The second-order valence-corrected chi connectivity index (χ2v) is 6.46. The molecule has 20 heavy (non-hydrogen) atoms. The molecule has 1 unspecified atom stereocenters. The van der Waals surface area contributed by atoms with Crippen LogP contribution in [-0.4, -0.2) is 49.6 Å². The molecule has 1 atom stereocenters. The van der Waals surface area contributed by atoms with Crippen LogP contribution in [-0.2, 0) is 14.8 Å². The second-order valence-electron chi connectivity index (χ2n) is 4.60. The van der Waals surface area contributed by atoms with E-state index in [1.165, 1.54) is 22.5 Å². The molecule has 7 nitrogen and oxygen atoms in total. The third kappa shape index (κ3) is 2.62. The molecule has 0 amide bonds. The predicted molar refractivity (Wildman–Crippen MR) is 72.0 cm³/mol. The number of nitrogens with zero attached hydrogens (tertiary/aromatic N) is 1. The van der Waals surface area contributed by atoms with Crippen LogP contribution in [0.15, 0.2) is 23.1 Å². The summed E-state index contributed by atoms with van der Waals surface area (Å²) >= 11 is 0. The van der Waals surface area contributed by atoms with E-state index in [0.717, 1.165) is 0 Å². The van der Waals surface area contributed by atoms with Crippen molar-refractivity contribution in [2.45, 2.75) is 17.9 Å². The van der Waals surface area contributed by atoms with Crippen LogP contribution in [0.5, 0.6) is 0 Å². The van der Waals surface area contributed by atoms with Gasteiger partial charge in [0.05, 0.1) is 23.7 Å². The van der Waals surface area contributed by atoms with Crippen LogP contribution < -0.4 is 5.73 Å². The fourth-order valence-electron chi connectivity index (χ4n) is 2.12. The number of carboxylic acid groups (broad SMARTS) is 1. The summed E-state index contributed by atoms with van der Waals surface area (Å²) in [4.78, 5) is 10.9. The molecule has 2 rings (SSSR count). The average Bonchev–Trinajstić information content (AvgIpc) is 2.38. The largest absolute Gasteiger partial charge is 0.478 e. The van der Waals surface area contributed by atoms with Gasteiger partial charge in [-0.3, -0.25) is 0 Å². The number of sulfonamides is 1. The van der Waals surface area contributed by atoms with Crippen molar-refractivity contribution < 1.29 is 23.1 Å². The number of ether oxygens (including phenoxy) is 1. The van der Waals surface area contributed by atoms with Crippen LogP contribution in [0.4, 0.5) is 5.69 Å². The van der Waals surface area contributed by atoms with E-state index in [4.69, 9.17) is 15.6 Å². The second kappa shape index (κ2) is 5.39. The number of nitrogen functional groups attached to an aromatic ring is 1. The molecule has 1 aliphatic heterocycles. The number of rotatable bonds is 3. The minimum Gasteiger partial charge on any atom is -0.478 e.